The van der Waals surface area contributed by atoms with Crippen molar-refractivity contribution in [2.45, 2.75) is 13.3 Å². The average molecular weight is 314 g/mol. The van der Waals surface area contributed by atoms with Gasteiger partial charge in [0.25, 0.3) is 0 Å². The van der Waals surface area contributed by atoms with Gasteiger partial charge in [0.1, 0.15) is 5.75 Å². The van der Waals surface area contributed by atoms with Crippen LogP contribution < -0.4 is 20.3 Å². The highest BCUT2D eigenvalue weighted by atomic mass is 16.5. The van der Waals surface area contributed by atoms with Gasteiger partial charge in [-0.25, -0.2) is 0 Å². The lowest BCUT2D eigenvalue weighted by atomic mass is 10.1. The molecule has 5 heteroatoms. The molecule has 0 spiro atoms. The molecule has 1 unspecified atom stereocenters. The van der Waals surface area contributed by atoms with E-state index >= 15 is 0 Å². The van der Waals surface area contributed by atoms with E-state index < -0.39 is 0 Å². The number of anilines is 1. The largest absolute Gasteiger partial charge is 0.497 e. The van der Waals surface area contributed by atoms with E-state index in [9.17, 15) is 0 Å². The Morgan fingerprint density at radius 2 is 2.35 bits per heavy atom. The Kier molecular flexibility index (Phi) is 6.61. The van der Waals surface area contributed by atoms with Gasteiger partial charge in [-0.05, 0) is 31.4 Å². The van der Waals surface area contributed by atoms with E-state index in [2.05, 4.69) is 38.6 Å². The Morgan fingerprint density at radius 3 is 3.09 bits per heavy atom. The number of benzene rings is 1. The van der Waals surface area contributed by atoms with Gasteiger partial charge >= 0.3 is 0 Å². The molecular formula is C18H26N4O. The molecule has 2 N–H and O–H groups in total. The SMILES string of the molecule is C#CCNC(=NCC1CCN(c2cccc(OC)c2)C1)NCC. The first-order valence-electron chi connectivity index (χ1n) is 8.11. The second kappa shape index (κ2) is 8.94. The van der Waals surface area contributed by atoms with Gasteiger partial charge < -0.3 is 20.3 Å². The van der Waals surface area contributed by atoms with E-state index in [1.54, 1.807) is 7.11 Å². The Bertz CT molecular complexity index is 564. The summed E-state index contributed by atoms with van der Waals surface area (Å²) in [5.74, 6) is 4.83. The monoisotopic (exact) mass is 314 g/mol. The van der Waals surface area contributed by atoms with Gasteiger partial charge in [0.15, 0.2) is 5.96 Å². The summed E-state index contributed by atoms with van der Waals surface area (Å²) in [5, 5.41) is 6.34. The Balaban J connectivity index is 1.90. The third-order valence-corrected chi connectivity index (χ3v) is 3.91. The summed E-state index contributed by atoms with van der Waals surface area (Å²) in [4.78, 5) is 7.04. The number of terminal acetylenes is 1. The number of aliphatic imine (C=N–C) groups is 1. The van der Waals surface area contributed by atoms with Crippen LogP contribution in [0.1, 0.15) is 13.3 Å². The smallest absolute Gasteiger partial charge is 0.192 e. The summed E-state index contributed by atoms with van der Waals surface area (Å²) in [6.07, 6.45) is 6.43. The summed E-state index contributed by atoms with van der Waals surface area (Å²) in [6, 6.07) is 8.23. The molecule has 0 amide bonds. The van der Waals surface area contributed by atoms with Gasteiger partial charge in [-0.2, -0.15) is 0 Å². The molecule has 0 radical (unpaired) electrons. The van der Waals surface area contributed by atoms with Gasteiger partial charge in [-0.3, -0.25) is 4.99 Å². The van der Waals surface area contributed by atoms with Gasteiger partial charge in [0, 0.05) is 37.9 Å². The first-order valence-corrected chi connectivity index (χ1v) is 8.11. The zero-order valence-corrected chi connectivity index (χ0v) is 14.0. The molecular weight excluding hydrogens is 288 g/mol. The molecule has 1 aliphatic heterocycles. The van der Waals surface area contributed by atoms with Crippen LogP contribution in [0, 0.1) is 18.3 Å². The van der Waals surface area contributed by atoms with Crippen LogP contribution in [-0.4, -0.2) is 45.8 Å². The second-order valence-electron chi connectivity index (χ2n) is 5.58. The van der Waals surface area contributed by atoms with Crippen molar-refractivity contribution in [3.05, 3.63) is 24.3 Å². The highest BCUT2D eigenvalue weighted by Gasteiger charge is 2.22. The summed E-state index contributed by atoms with van der Waals surface area (Å²) in [6.45, 7) is 6.25. The van der Waals surface area contributed by atoms with Gasteiger partial charge in [0.2, 0.25) is 0 Å². The van der Waals surface area contributed by atoms with Crippen LogP contribution in [0.15, 0.2) is 29.3 Å². The molecule has 0 aromatic heterocycles. The quantitative estimate of drug-likeness (QED) is 0.477. The molecule has 1 aromatic rings. The fraction of sp³-hybridized carbons (Fsp3) is 0.500. The number of hydrogen-bond donors (Lipinski definition) is 2. The first kappa shape index (κ1) is 17.0. The molecule has 1 aliphatic rings. The topological polar surface area (TPSA) is 48.9 Å². The van der Waals surface area contributed by atoms with Crippen molar-refractivity contribution in [2.24, 2.45) is 10.9 Å². The Morgan fingerprint density at radius 1 is 1.48 bits per heavy atom. The molecule has 2 rings (SSSR count). The van der Waals surface area contributed by atoms with Gasteiger partial charge in [-0.1, -0.05) is 12.0 Å². The molecule has 1 atom stereocenters. The van der Waals surface area contributed by atoms with E-state index in [1.165, 1.54) is 5.69 Å². The van der Waals surface area contributed by atoms with E-state index in [1.807, 2.05) is 19.1 Å². The maximum Gasteiger partial charge on any atom is 0.192 e. The van der Waals surface area contributed by atoms with Crippen LogP contribution in [0.5, 0.6) is 5.75 Å². The standard InChI is InChI=1S/C18H26N4O/c1-4-10-20-18(19-5-2)21-13-15-9-11-22(14-15)16-7-6-8-17(12-16)23-3/h1,6-8,12,15H,5,9-11,13-14H2,2-3H3,(H2,19,20,21). The predicted molar refractivity (Wildman–Crippen MR) is 96.1 cm³/mol. The van der Waals surface area contributed by atoms with Crippen LogP contribution >= 0.6 is 0 Å². The number of methoxy groups -OCH3 is 1. The van der Waals surface area contributed by atoms with Crippen molar-refractivity contribution in [1.29, 1.82) is 0 Å². The van der Waals surface area contributed by atoms with Crippen molar-refractivity contribution >= 4 is 11.6 Å². The molecule has 1 fully saturated rings. The maximum atomic E-state index is 5.30. The zero-order valence-electron chi connectivity index (χ0n) is 14.0. The molecule has 1 aromatic carbocycles. The molecule has 0 saturated carbocycles. The van der Waals surface area contributed by atoms with Gasteiger partial charge in [-0.15, -0.1) is 6.42 Å². The number of nitrogens with one attached hydrogen (secondary N) is 2. The molecule has 5 nitrogen and oxygen atoms in total. The molecule has 23 heavy (non-hydrogen) atoms. The third-order valence-electron chi connectivity index (χ3n) is 3.91. The van der Waals surface area contributed by atoms with E-state index in [0.717, 1.165) is 44.3 Å². The normalized spacial score (nSPS) is 17.7. The maximum absolute atomic E-state index is 5.30. The van der Waals surface area contributed by atoms with E-state index in [4.69, 9.17) is 11.2 Å². The number of hydrogen-bond acceptors (Lipinski definition) is 3. The summed E-state index contributed by atoms with van der Waals surface area (Å²) < 4.78 is 5.30. The lowest BCUT2D eigenvalue weighted by Crippen LogP contribution is -2.37. The molecule has 124 valence electrons. The minimum atomic E-state index is 0.492. The third kappa shape index (κ3) is 5.10. The van der Waals surface area contributed by atoms with E-state index in [-0.39, 0.29) is 0 Å². The van der Waals surface area contributed by atoms with Crippen molar-refractivity contribution in [2.75, 3.05) is 44.7 Å². The molecule has 0 bridgehead atoms. The van der Waals surface area contributed by atoms with Crippen molar-refractivity contribution in [1.82, 2.24) is 10.6 Å². The van der Waals surface area contributed by atoms with Gasteiger partial charge in [0.05, 0.1) is 13.7 Å². The Hall–Kier alpha value is -2.35. The first-order chi connectivity index (χ1) is 11.3. The fourth-order valence-electron chi connectivity index (χ4n) is 2.72. The molecule has 0 aliphatic carbocycles. The number of ether oxygens (including phenoxy) is 1. The summed E-state index contributed by atoms with van der Waals surface area (Å²) in [7, 11) is 1.70. The van der Waals surface area contributed by atoms with Crippen molar-refractivity contribution in [3.8, 4) is 18.1 Å². The Labute approximate surface area is 139 Å². The summed E-state index contributed by atoms with van der Waals surface area (Å²) >= 11 is 0. The lowest BCUT2D eigenvalue weighted by molar-refractivity contribution is 0.415. The summed E-state index contributed by atoms with van der Waals surface area (Å²) in [5.41, 5.74) is 1.22. The molecule has 1 heterocycles. The number of guanidine groups is 1. The van der Waals surface area contributed by atoms with Crippen LogP contribution in [0.25, 0.3) is 0 Å². The minimum Gasteiger partial charge on any atom is -0.497 e. The average Bonchev–Trinajstić information content (AvgIpc) is 3.06. The zero-order chi connectivity index (χ0) is 16.5. The number of rotatable bonds is 6. The second-order valence-corrected chi connectivity index (χ2v) is 5.58. The predicted octanol–water partition coefficient (Wildman–Crippen LogP) is 1.71. The van der Waals surface area contributed by atoms with E-state index in [0.29, 0.717) is 12.5 Å². The minimum absolute atomic E-state index is 0.492. The lowest BCUT2D eigenvalue weighted by Gasteiger charge is -2.19. The van der Waals surface area contributed by atoms with Crippen LogP contribution in [0.2, 0.25) is 0 Å². The highest BCUT2D eigenvalue weighted by Crippen LogP contribution is 2.26. The highest BCUT2D eigenvalue weighted by molar-refractivity contribution is 5.80. The van der Waals surface area contributed by atoms with Crippen LogP contribution in [0.3, 0.4) is 0 Å². The molecule has 1 saturated heterocycles. The fourth-order valence-corrected chi connectivity index (χ4v) is 2.72. The van der Waals surface area contributed by atoms with Crippen LogP contribution in [-0.2, 0) is 0 Å². The van der Waals surface area contributed by atoms with Crippen molar-refractivity contribution in [3.63, 3.8) is 0 Å². The number of nitrogens with zero attached hydrogens (tertiary/aromatic N) is 2. The van der Waals surface area contributed by atoms with Crippen LogP contribution in [0.4, 0.5) is 5.69 Å². The van der Waals surface area contributed by atoms with Crippen molar-refractivity contribution < 1.29 is 4.74 Å².